The van der Waals surface area contributed by atoms with Gasteiger partial charge in [0, 0.05) is 19.0 Å². The summed E-state index contributed by atoms with van der Waals surface area (Å²) >= 11 is 0. The van der Waals surface area contributed by atoms with Gasteiger partial charge in [-0.05, 0) is 0 Å². The van der Waals surface area contributed by atoms with Gasteiger partial charge in [-0.2, -0.15) is 0 Å². The van der Waals surface area contributed by atoms with Crippen molar-refractivity contribution in [2.45, 2.75) is 26.9 Å². The van der Waals surface area contributed by atoms with E-state index in [0.29, 0.717) is 25.3 Å². The monoisotopic (exact) mass is 221 g/mol. The van der Waals surface area contributed by atoms with Crippen molar-refractivity contribution in [3.8, 4) is 0 Å². The average Bonchev–Trinajstić information content (AvgIpc) is 2.69. The summed E-state index contributed by atoms with van der Waals surface area (Å²) in [6, 6.07) is 0. The lowest BCUT2D eigenvalue weighted by atomic mass is 10.1. The molecule has 0 aromatic carbocycles. The number of carbonyl (C=O) groups excluding carboxylic acids is 2. The lowest BCUT2D eigenvalue weighted by Gasteiger charge is -2.29. The van der Waals surface area contributed by atoms with Gasteiger partial charge in [-0.25, -0.2) is 4.98 Å². The second kappa shape index (κ2) is 4.08. The zero-order valence-corrected chi connectivity index (χ0v) is 9.51. The molecule has 5 nitrogen and oxygen atoms in total. The molecule has 1 aliphatic heterocycles. The molecule has 0 atom stereocenters. The molecule has 1 amide bonds. The summed E-state index contributed by atoms with van der Waals surface area (Å²) < 4.78 is 1.94. The predicted octanol–water partition coefficient (Wildman–Crippen LogP) is 0.694. The molecule has 0 N–H and O–H groups in total. The maximum atomic E-state index is 11.8. The first-order valence-corrected chi connectivity index (χ1v) is 5.41. The van der Waals surface area contributed by atoms with Gasteiger partial charge in [-0.15, -0.1) is 0 Å². The van der Waals surface area contributed by atoms with E-state index in [-0.39, 0.29) is 11.8 Å². The van der Waals surface area contributed by atoms with Gasteiger partial charge in [-0.3, -0.25) is 9.59 Å². The number of rotatable bonds is 2. The van der Waals surface area contributed by atoms with Gasteiger partial charge in [0.1, 0.15) is 5.69 Å². The molecule has 0 saturated heterocycles. The first-order valence-electron chi connectivity index (χ1n) is 5.41. The fraction of sp³-hybridized carbons (Fsp3) is 0.545. The molecule has 1 aromatic rings. The summed E-state index contributed by atoms with van der Waals surface area (Å²) in [4.78, 5) is 28.4. The standard InChI is InChI=1S/C11H15N3O2/c1-8(2)11(16)13-3-4-14-7-12-9(6-15)10(14)5-13/h6-8H,3-5H2,1-2H3. The van der Waals surface area contributed by atoms with Gasteiger partial charge < -0.3 is 9.47 Å². The van der Waals surface area contributed by atoms with Crippen molar-refractivity contribution in [1.29, 1.82) is 0 Å². The van der Waals surface area contributed by atoms with Gasteiger partial charge in [0.25, 0.3) is 0 Å². The van der Waals surface area contributed by atoms with E-state index in [1.54, 1.807) is 11.2 Å². The van der Waals surface area contributed by atoms with Crippen molar-refractivity contribution in [2.75, 3.05) is 6.54 Å². The lowest BCUT2D eigenvalue weighted by Crippen LogP contribution is -2.40. The highest BCUT2D eigenvalue weighted by atomic mass is 16.2. The number of imidazole rings is 1. The van der Waals surface area contributed by atoms with Crippen molar-refractivity contribution >= 4 is 12.2 Å². The largest absolute Gasteiger partial charge is 0.335 e. The van der Waals surface area contributed by atoms with Crippen LogP contribution in [0.1, 0.15) is 30.0 Å². The molecule has 1 aliphatic rings. The number of aldehydes is 1. The number of nitrogens with zero attached hydrogens (tertiary/aromatic N) is 3. The molecule has 2 heterocycles. The highest BCUT2D eigenvalue weighted by Gasteiger charge is 2.24. The van der Waals surface area contributed by atoms with Crippen LogP contribution < -0.4 is 0 Å². The number of fused-ring (bicyclic) bond motifs is 1. The number of aromatic nitrogens is 2. The van der Waals surface area contributed by atoms with Crippen LogP contribution in [0.4, 0.5) is 0 Å². The summed E-state index contributed by atoms with van der Waals surface area (Å²) in [5.74, 6) is 0.124. The van der Waals surface area contributed by atoms with Crippen LogP contribution >= 0.6 is 0 Å². The zero-order chi connectivity index (χ0) is 11.7. The van der Waals surface area contributed by atoms with Crippen molar-refractivity contribution in [3.63, 3.8) is 0 Å². The SMILES string of the molecule is CC(C)C(=O)N1CCn2cnc(C=O)c2C1. The third-order valence-electron chi connectivity index (χ3n) is 2.85. The van der Waals surface area contributed by atoms with Crippen LogP contribution in [0.15, 0.2) is 6.33 Å². The first-order chi connectivity index (χ1) is 7.63. The second-order valence-electron chi connectivity index (χ2n) is 4.30. The molecular formula is C11H15N3O2. The van der Waals surface area contributed by atoms with Crippen LogP contribution in [-0.2, 0) is 17.9 Å². The smallest absolute Gasteiger partial charge is 0.225 e. The molecule has 0 spiro atoms. The molecule has 2 rings (SSSR count). The van der Waals surface area contributed by atoms with Crippen molar-refractivity contribution in [1.82, 2.24) is 14.5 Å². The molecule has 0 bridgehead atoms. The molecule has 0 radical (unpaired) electrons. The summed E-state index contributed by atoms with van der Waals surface area (Å²) in [6.45, 7) is 5.67. The van der Waals surface area contributed by atoms with Gasteiger partial charge in [0.2, 0.25) is 5.91 Å². The summed E-state index contributed by atoms with van der Waals surface area (Å²) in [5, 5.41) is 0. The number of hydrogen-bond acceptors (Lipinski definition) is 3. The molecule has 16 heavy (non-hydrogen) atoms. The zero-order valence-electron chi connectivity index (χ0n) is 9.51. The first kappa shape index (κ1) is 10.9. The molecule has 86 valence electrons. The average molecular weight is 221 g/mol. The molecule has 0 fully saturated rings. The summed E-state index contributed by atoms with van der Waals surface area (Å²) in [5.41, 5.74) is 1.29. The Morgan fingerprint density at radius 1 is 1.50 bits per heavy atom. The Hall–Kier alpha value is -1.65. The minimum atomic E-state index is -0.00541. The third-order valence-corrected chi connectivity index (χ3v) is 2.85. The number of carbonyl (C=O) groups is 2. The maximum Gasteiger partial charge on any atom is 0.225 e. The van der Waals surface area contributed by atoms with E-state index >= 15 is 0 Å². The predicted molar refractivity (Wildman–Crippen MR) is 57.9 cm³/mol. The minimum absolute atomic E-state index is 0.00541. The van der Waals surface area contributed by atoms with E-state index in [4.69, 9.17) is 0 Å². The van der Waals surface area contributed by atoms with Crippen LogP contribution in [0.3, 0.4) is 0 Å². The highest BCUT2D eigenvalue weighted by molar-refractivity contribution is 5.79. The van der Waals surface area contributed by atoms with Crippen molar-refractivity contribution in [3.05, 3.63) is 17.7 Å². The van der Waals surface area contributed by atoms with Crippen molar-refractivity contribution < 1.29 is 9.59 Å². The topological polar surface area (TPSA) is 55.2 Å². The third kappa shape index (κ3) is 1.73. The van der Waals surface area contributed by atoms with Crippen LogP contribution in [0.5, 0.6) is 0 Å². The van der Waals surface area contributed by atoms with Gasteiger partial charge in [0.05, 0.1) is 18.6 Å². The van der Waals surface area contributed by atoms with Crippen LogP contribution in [0.2, 0.25) is 0 Å². The summed E-state index contributed by atoms with van der Waals surface area (Å²) in [7, 11) is 0. The quantitative estimate of drug-likeness (QED) is 0.690. The van der Waals surface area contributed by atoms with E-state index in [9.17, 15) is 9.59 Å². The molecule has 0 unspecified atom stereocenters. The van der Waals surface area contributed by atoms with Crippen LogP contribution in [0.25, 0.3) is 0 Å². The normalized spacial score (nSPS) is 15.1. The van der Waals surface area contributed by atoms with Crippen LogP contribution in [-0.4, -0.2) is 33.2 Å². The van der Waals surface area contributed by atoms with E-state index in [0.717, 1.165) is 12.0 Å². The summed E-state index contributed by atoms with van der Waals surface area (Å²) in [6.07, 6.45) is 2.41. The van der Waals surface area contributed by atoms with E-state index < -0.39 is 0 Å². The fourth-order valence-corrected chi connectivity index (χ4v) is 1.93. The maximum absolute atomic E-state index is 11.8. The van der Waals surface area contributed by atoms with Gasteiger partial charge in [-0.1, -0.05) is 13.8 Å². The minimum Gasteiger partial charge on any atom is -0.335 e. The van der Waals surface area contributed by atoms with E-state index in [1.807, 2.05) is 18.4 Å². The lowest BCUT2D eigenvalue weighted by molar-refractivity contribution is -0.135. The fourth-order valence-electron chi connectivity index (χ4n) is 1.93. The molecule has 0 saturated carbocycles. The van der Waals surface area contributed by atoms with Gasteiger partial charge in [0.15, 0.2) is 6.29 Å². The Kier molecular flexibility index (Phi) is 2.77. The Balaban J connectivity index is 2.22. The van der Waals surface area contributed by atoms with Gasteiger partial charge >= 0.3 is 0 Å². The van der Waals surface area contributed by atoms with E-state index in [1.165, 1.54) is 0 Å². The molecule has 5 heteroatoms. The van der Waals surface area contributed by atoms with Crippen LogP contribution in [0, 0.1) is 5.92 Å². The molecule has 1 aromatic heterocycles. The Bertz CT molecular complexity index is 423. The van der Waals surface area contributed by atoms with Crippen molar-refractivity contribution in [2.24, 2.45) is 5.92 Å². The highest BCUT2D eigenvalue weighted by Crippen LogP contribution is 2.16. The number of hydrogen-bond donors (Lipinski definition) is 0. The number of amides is 1. The second-order valence-corrected chi connectivity index (χ2v) is 4.30. The molecular weight excluding hydrogens is 206 g/mol. The Labute approximate surface area is 94.1 Å². The molecule has 0 aliphatic carbocycles. The Morgan fingerprint density at radius 2 is 2.25 bits per heavy atom. The van der Waals surface area contributed by atoms with E-state index in [2.05, 4.69) is 4.98 Å². The Morgan fingerprint density at radius 3 is 2.88 bits per heavy atom.